The van der Waals surface area contributed by atoms with Gasteiger partial charge in [0.15, 0.2) is 0 Å². The summed E-state index contributed by atoms with van der Waals surface area (Å²) < 4.78 is 6.30. The van der Waals surface area contributed by atoms with E-state index in [0.29, 0.717) is 18.4 Å². The molecule has 0 radical (unpaired) electrons. The molecular weight excluding hydrogens is 306 g/mol. The molecule has 2 aliphatic carbocycles. The standard InChI is InChI=1S/C18H21N3OS/c19-10-4-5-12-8-9-14-15(12)16-17(20-11-21-18(16)23-14)22-13-6-2-1-3-7-13/h11-13H,1-9H2. The SMILES string of the molecule is N#CCCC1CCc2sc3ncnc(OC4CCCCC4)c3c21. The molecule has 0 spiro atoms. The van der Waals surface area contributed by atoms with Crippen molar-refractivity contribution < 1.29 is 4.74 Å². The van der Waals surface area contributed by atoms with Crippen molar-refractivity contribution in [3.8, 4) is 11.9 Å². The van der Waals surface area contributed by atoms with E-state index in [-0.39, 0.29) is 0 Å². The number of thiophene rings is 1. The Bertz CT molecular complexity index is 743. The van der Waals surface area contributed by atoms with Gasteiger partial charge in [-0.05, 0) is 56.4 Å². The Morgan fingerprint density at radius 2 is 2.09 bits per heavy atom. The Hall–Kier alpha value is -1.67. The van der Waals surface area contributed by atoms with Crippen LogP contribution < -0.4 is 4.74 Å². The molecule has 5 heteroatoms. The van der Waals surface area contributed by atoms with E-state index in [0.717, 1.165) is 48.2 Å². The van der Waals surface area contributed by atoms with Crippen LogP contribution in [0.1, 0.15) is 67.7 Å². The molecule has 0 amide bonds. The molecule has 0 aliphatic heterocycles. The molecule has 0 N–H and O–H groups in total. The second-order valence-electron chi connectivity index (χ2n) is 6.61. The fourth-order valence-electron chi connectivity index (χ4n) is 4.00. The van der Waals surface area contributed by atoms with E-state index in [1.807, 2.05) is 0 Å². The second kappa shape index (κ2) is 6.45. The molecule has 1 unspecified atom stereocenters. The maximum atomic E-state index is 8.91. The van der Waals surface area contributed by atoms with Crippen molar-refractivity contribution in [3.63, 3.8) is 0 Å². The Kier molecular flexibility index (Phi) is 4.17. The Labute approximate surface area is 140 Å². The summed E-state index contributed by atoms with van der Waals surface area (Å²) in [5.74, 6) is 1.25. The minimum absolute atomic E-state index is 0.302. The summed E-state index contributed by atoms with van der Waals surface area (Å²) in [5, 5.41) is 10.1. The van der Waals surface area contributed by atoms with Gasteiger partial charge in [-0.3, -0.25) is 0 Å². The summed E-state index contributed by atoms with van der Waals surface area (Å²) in [6, 6.07) is 2.29. The quantitative estimate of drug-likeness (QED) is 0.814. The van der Waals surface area contributed by atoms with Crippen LogP contribution in [0.4, 0.5) is 0 Å². The molecule has 2 heterocycles. The van der Waals surface area contributed by atoms with Crippen LogP contribution in [-0.2, 0) is 6.42 Å². The zero-order valence-electron chi connectivity index (χ0n) is 13.3. The topological polar surface area (TPSA) is 58.8 Å². The minimum Gasteiger partial charge on any atom is -0.474 e. The van der Waals surface area contributed by atoms with Gasteiger partial charge in [0, 0.05) is 11.3 Å². The molecular formula is C18H21N3OS. The van der Waals surface area contributed by atoms with Gasteiger partial charge in [-0.15, -0.1) is 11.3 Å². The molecule has 1 saturated carbocycles. The summed E-state index contributed by atoms with van der Waals surface area (Å²) in [5.41, 5.74) is 1.38. The van der Waals surface area contributed by atoms with E-state index in [9.17, 15) is 0 Å². The number of hydrogen-bond donors (Lipinski definition) is 0. The maximum absolute atomic E-state index is 8.91. The van der Waals surface area contributed by atoms with Gasteiger partial charge in [-0.25, -0.2) is 9.97 Å². The second-order valence-corrected chi connectivity index (χ2v) is 7.69. The number of aromatic nitrogens is 2. The van der Waals surface area contributed by atoms with Crippen LogP contribution in [0.5, 0.6) is 5.88 Å². The number of rotatable bonds is 4. The first-order valence-electron chi connectivity index (χ1n) is 8.66. The number of hydrogen-bond acceptors (Lipinski definition) is 5. The van der Waals surface area contributed by atoms with Crippen LogP contribution in [0, 0.1) is 11.3 Å². The van der Waals surface area contributed by atoms with Crippen molar-refractivity contribution in [2.75, 3.05) is 0 Å². The summed E-state index contributed by atoms with van der Waals surface area (Å²) >= 11 is 1.79. The van der Waals surface area contributed by atoms with Crippen molar-refractivity contribution in [1.29, 1.82) is 5.26 Å². The molecule has 4 nitrogen and oxygen atoms in total. The van der Waals surface area contributed by atoms with E-state index < -0.39 is 0 Å². The van der Waals surface area contributed by atoms with Crippen molar-refractivity contribution in [2.24, 2.45) is 0 Å². The summed E-state index contributed by atoms with van der Waals surface area (Å²) in [4.78, 5) is 11.4. The van der Waals surface area contributed by atoms with E-state index in [4.69, 9.17) is 10.00 Å². The molecule has 4 rings (SSSR count). The lowest BCUT2D eigenvalue weighted by molar-refractivity contribution is 0.150. The van der Waals surface area contributed by atoms with E-state index >= 15 is 0 Å². The minimum atomic E-state index is 0.302. The normalized spacial score (nSPS) is 21.3. The van der Waals surface area contributed by atoms with Gasteiger partial charge in [0.2, 0.25) is 5.88 Å². The highest BCUT2D eigenvalue weighted by atomic mass is 32.1. The largest absolute Gasteiger partial charge is 0.474 e. The first-order valence-corrected chi connectivity index (χ1v) is 9.48. The van der Waals surface area contributed by atoms with Gasteiger partial charge in [-0.2, -0.15) is 5.26 Å². The Morgan fingerprint density at radius 3 is 2.91 bits per heavy atom. The molecule has 120 valence electrons. The highest BCUT2D eigenvalue weighted by Crippen LogP contribution is 2.47. The van der Waals surface area contributed by atoms with Crippen LogP contribution in [0.15, 0.2) is 6.33 Å². The van der Waals surface area contributed by atoms with Gasteiger partial charge < -0.3 is 4.74 Å². The third-order valence-electron chi connectivity index (χ3n) is 5.13. The lowest BCUT2D eigenvalue weighted by Gasteiger charge is -2.23. The molecule has 1 fully saturated rings. The third-order valence-corrected chi connectivity index (χ3v) is 6.30. The fraction of sp³-hybridized carbons (Fsp3) is 0.611. The van der Waals surface area contributed by atoms with E-state index in [1.54, 1.807) is 17.7 Å². The molecule has 2 aromatic heterocycles. The molecule has 1 atom stereocenters. The van der Waals surface area contributed by atoms with E-state index in [2.05, 4.69) is 16.0 Å². The van der Waals surface area contributed by atoms with Crippen molar-refractivity contribution in [3.05, 3.63) is 16.8 Å². The molecule has 0 bridgehead atoms. The van der Waals surface area contributed by atoms with Crippen LogP contribution >= 0.6 is 11.3 Å². The average molecular weight is 327 g/mol. The lowest BCUT2D eigenvalue weighted by Crippen LogP contribution is -2.20. The van der Waals surface area contributed by atoms with Crippen molar-refractivity contribution in [2.45, 2.75) is 69.8 Å². The fourth-order valence-corrected chi connectivity index (χ4v) is 5.23. The van der Waals surface area contributed by atoms with Gasteiger partial charge in [0.25, 0.3) is 0 Å². The van der Waals surface area contributed by atoms with Crippen molar-refractivity contribution >= 4 is 21.6 Å². The van der Waals surface area contributed by atoms with Gasteiger partial charge in [0.05, 0.1) is 11.5 Å². The van der Waals surface area contributed by atoms with Gasteiger partial charge in [-0.1, -0.05) is 6.42 Å². The smallest absolute Gasteiger partial charge is 0.225 e. The summed E-state index contributed by atoms with van der Waals surface area (Å²) in [6.45, 7) is 0. The lowest BCUT2D eigenvalue weighted by atomic mass is 9.96. The van der Waals surface area contributed by atoms with Gasteiger partial charge >= 0.3 is 0 Å². The van der Waals surface area contributed by atoms with Crippen LogP contribution in [0.25, 0.3) is 10.2 Å². The summed E-state index contributed by atoms with van der Waals surface area (Å²) in [7, 11) is 0. The predicted octanol–water partition coefficient (Wildman–Crippen LogP) is 4.74. The maximum Gasteiger partial charge on any atom is 0.225 e. The Morgan fingerprint density at radius 1 is 1.22 bits per heavy atom. The number of nitriles is 1. The number of fused-ring (bicyclic) bond motifs is 3. The van der Waals surface area contributed by atoms with Crippen LogP contribution in [-0.4, -0.2) is 16.1 Å². The molecule has 0 saturated heterocycles. The highest BCUT2D eigenvalue weighted by molar-refractivity contribution is 7.19. The molecule has 2 aliphatic rings. The number of ether oxygens (including phenoxy) is 1. The predicted molar refractivity (Wildman–Crippen MR) is 90.8 cm³/mol. The molecule has 2 aromatic rings. The molecule has 23 heavy (non-hydrogen) atoms. The Balaban J connectivity index is 1.69. The number of nitrogens with zero attached hydrogens (tertiary/aromatic N) is 3. The zero-order chi connectivity index (χ0) is 15.6. The monoisotopic (exact) mass is 327 g/mol. The first kappa shape index (κ1) is 14.9. The molecule has 0 aromatic carbocycles. The average Bonchev–Trinajstić information content (AvgIpc) is 3.13. The third kappa shape index (κ3) is 2.81. The van der Waals surface area contributed by atoms with Crippen LogP contribution in [0.3, 0.4) is 0 Å². The van der Waals surface area contributed by atoms with Gasteiger partial charge in [0.1, 0.15) is 17.3 Å². The first-order chi connectivity index (χ1) is 11.4. The number of aryl methyl sites for hydroxylation is 1. The van der Waals surface area contributed by atoms with Crippen molar-refractivity contribution in [1.82, 2.24) is 9.97 Å². The summed E-state index contributed by atoms with van der Waals surface area (Å²) in [6.07, 6.45) is 11.9. The van der Waals surface area contributed by atoms with Crippen LogP contribution in [0.2, 0.25) is 0 Å². The highest BCUT2D eigenvalue weighted by Gasteiger charge is 2.30. The zero-order valence-corrected chi connectivity index (χ0v) is 14.1. The van der Waals surface area contributed by atoms with E-state index in [1.165, 1.54) is 29.7 Å².